The van der Waals surface area contributed by atoms with Gasteiger partial charge in [0.15, 0.2) is 0 Å². The predicted octanol–water partition coefficient (Wildman–Crippen LogP) is -0.832. The maximum atomic E-state index is 0. The van der Waals surface area contributed by atoms with Crippen LogP contribution in [0.1, 0.15) is 0 Å². The summed E-state index contributed by atoms with van der Waals surface area (Å²) in [7, 11) is 0. The fraction of sp³-hybridized carbons (Fsp3) is 0. The van der Waals surface area contributed by atoms with E-state index in [1.165, 1.54) is 0 Å². The largest absolute Gasteiger partial charge is 0.412 e. The van der Waals surface area contributed by atoms with Gasteiger partial charge in [-0.1, -0.05) is 0 Å². The van der Waals surface area contributed by atoms with Crippen LogP contribution >= 0.6 is 0 Å². The number of hydrogen-bond donors (Lipinski definition) is 0. The van der Waals surface area contributed by atoms with Crippen molar-refractivity contribution in [1.29, 1.82) is 0 Å². The Morgan fingerprint density at radius 2 is 1.00 bits per heavy atom. The van der Waals surface area contributed by atoms with Crippen LogP contribution in [0.4, 0.5) is 0 Å². The molecule has 0 rings (SSSR count). The van der Waals surface area contributed by atoms with Gasteiger partial charge in [0.1, 0.15) is 0 Å². The van der Waals surface area contributed by atoms with Gasteiger partial charge in [0.25, 0.3) is 0 Å². The molecule has 4 heteroatoms. The summed E-state index contributed by atoms with van der Waals surface area (Å²) in [5.41, 5.74) is 0. The molecule has 29 valence electrons. The molecule has 0 unspecified atom stereocenters. The van der Waals surface area contributed by atoms with E-state index in [2.05, 4.69) is 0 Å². The van der Waals surface area contributed by atoms with Gasteiger partial charge in [-0.05, 0) is 0 Å². The second kappa shape index (κ2) is 20.9. The van der Waals surface area contributed by atoms with Gasteiger partial charge < -0.3 is 5.48 Å². The second-order valence-corrected chi connectivity index (χ2v) is 0. The smallest absolute Gasteiger partial charge is 0 e. The maximum Gasteiger partial charge on any atom is 0 e. The zero-order valence-corrected chi connectivity index (χ0v) is 6.29. The summed E-state index contributed by atoms with van der Waals surface area (Å²) in [6.07, 6.45) is 0. The van der Waals surface area contributed by atoms with Gasteiger partial charge >= 0.3 is 0 Å². The van der Waals surface area contributed by atoms with Crippen molar-refractivity contribution in [2.45, 2.75) is 0 Å². The molecule has 0 atom stereocenters. The maximum absolute atomic E-state index is 0. The van der Waals surface area contributed by atoms with E-state index in [1.807, 2.05) is 0 Å². The molecule has 0 aliphatic heterocycles. The van der Waals surface area contributed by atoms with Gasteiger partial charge in [-0.3, -0.25) is 0 Å². The van der Waals surface area contributed by atoms with Crippen molar-refractivity contribution in [2.75, 3.05) is 0 Å². The van der Waals surface area contributed by atoms with Crippen LogP contribution in [-0.4, -0.2) is 5.48 Å². The molecule has 0 aromatic heterocycles. The van der Waals surface area contributed by atoms with Crippen LogP contribution in [-0.2, 0) is 60.1 Å². The summed E-state index contributed by atoms with van der Waals surface area (Å²) in [6, 6.07) is 0. The molecule has 0 bridgehead atoms. The molecule has 0 aromatic rings. The SMILES string of the molecule is O.[Co].[Fe].[Zr]. The average molecular weight is 224 g/mol. The summed E-state index contributed by atoms with van der Waals surface area (Å²) in [6.45, 7) is 0. The summed E-state index contributed by atoms with van der Waals surface area (Å²) in [4.78, 5) is 0. The Morgan fingerprint density at radius 1 is 1.00 bits per heavy atom. The first kappa shape index (κ1) is 39.8. The average Bonchev–Trinajstić information content (AvgIpc) is 0. The van der Waals surface area contributed by atoms with E-state index in [9.17, 15) is 0 Å². The zero-order chi connectivity index (χ0) is 0. The molecule has 0 spiro atoms. The van der Waals surface area contributed by atoms with Gasteiger partial charge in [0.05, 0.1) is 0 Å². The normalized spacial score (nSPS) is 0. The standard InChI is InChI=1S/Co.Fe.H2O.Zr/h;;1H2;. The summed E-state index contributed by atoms with van der Waals surface area (Å²) in [5.74, 6) is 0. The minimum Gasteiger partial charge on any atom is -0.412 e. The van der Waals surface area contributed by atoms with E-state index in [0.29, 0.717) is 0 Å². The second-order valence-electron chi connectivity index (χ2n) is 0. The van der Waals surface area contributed by atoms with Gasteiger partial charge in [-0.15, -0.1) is 0 Å². The minimum absolute atomic E-state index is 0. The fourth-order valence-corrected chi connectivity index (χ4v) is 0. The molecule has 2 N–H and O–H groups in total. The van der Waals surface area contributed by atoms with E-state index < -0.39 is 0 Å². The van der Waals surface area contributed by atoms with Crippen LogP contribution in [0.25, 0.3) is 0 Å². The molecule has 0 saturated heterocycles. The Bertz CT molecular complexity index is 8.00. The molecule has 0 aliphatic rings. The topological polar surface area (TPSA) is 31.5 Å². The first-order valence-electron chi connectivity index (χ1n) is 0. The monoisotopic (exact) mass is 223 g/mol. The summed E-state index contributed by atoms with van der Waals surface area (Å²) >= 11 is 0. The molecule has 0 heterocycles. The molecule has 0 saturated carbocycles. The van der Waals surface area contributed by atoms with E-state index in [0.717, 1.165) is 0 Å². The van der Waals surface area contributed by atoms with Crippen LogP contribution in [0.3, 0.4) is 0 Å². The van der Waals surface area contributed by atoms with Gasteiger partial charge in [0, 0.05) is 60.1 Å². The Kier molecular flexibility index (Phi) is 208. The predicted molar refractivity (Wildman–Crippen MR) is 3.61 cm³/mol. The van der Waals surface area contributed by atoms with Crippen molar-refractivity contribution in [2.24, 2.45) is 0 Å². The first-order chi connectivity index (χ1) is 0. The molecule has 1 radical (unpaired) electrons. The van der Waals surface area contributed by atoms with Gasteiger partial charge in [0.2, 0.25) is 0 Å². The van der Waals surface area contributed by atoms with E-state index in [-0.39, 0.29) is 65.5 Å². The number of rotatable bonds is 0. The van der Waals surface area contributed by atoms with Crippen molar-refractivity contribution < 1.29 is 65.5 Å². The molecule has 0 amide bonds. The van der Waals surface area contributed by atoms with Crippen molar-refractivity contribution in [3.63, 3.8) is 0 Å². The Labute approximate surface area is 65.0 Å². The molecule has 0 aromatic carbocycles. The molecule has 4 heavy (non-hydrogen) atoms. The van der Waals surface area contributed by atoms with E-state index in [4.69, 9.17) is 0 Å². The third-order valence-corrected chi connectivity index (χ3v) is 0. The van der Waals surface area contributed by atoms with Crippen LogP contribution in [0.15, 0.2) is 0 Å². The molecular weight excluding hydrogens is 222 g/mol. The third kappa shape index (κ3) is 9.12. The van der Waals surface area contributed by atoms with Crippen molar-refractivity contribution in [3.8, 4) is 0 Å². The molecule has 0 aliphatic carbocycles. The zero-order valence-electron chi connectivity index (χ0n) is 1.69. The van der Waals surface area contributed by atoms with Crippen LogP contribution in [0.2, 0.25) is 0 Å². The summed E-state index contributed by atoms with van der Waals surface area (Å²) in [5, 5.41) is 0. The van der Waals surface area contributed by atoms with Crippen molar-refractivity contribution in [1.82, 2.24) is 0 Å². The van der Waals surface area contributed by atoms with Gasteiger partial charge in [-0.2, -0.15) is 0 Å². The Morgan fingerprint density at radius 3 is 1.00 bits per heavy atom. The van der Waals surface area contributed by atoms with E-state index in [1.54, 1.807) is 0 Å². The summed E-state index contributed by atoms with van der Waals surface area (Å²) < 4.78 is 0. The minimum atomic E-state index is 0. The van der Waals surface area contributed by atoms with Crippen LogP contribution in [0, 0.1) is 0 Å². The van der Waals surface area contributed by atoms with Crippen LogP contribution in [0.5, 0.6) is 0 Å². The molecular formula is H2CoFeOZr. The van der Waals surface area contributed by atoms with Crippen molar-refractivity contribution >= 4 is 0 Å². The quantitative estimate of drug-likeness (QED) is 0.481. The number of hydrogen-bond acceptors (Lipinski definition) is 0. The van der Waals surface area contributed by atoms with Crippen molar-refractivity contribution in [3.05, 3.63) is 0 Å². The first-order valence-corrected chi connectivity index (χ1v) is 0. The van der Waals surface area contributed by atoms with E-state index >= 15 is 0 Å². The van der Waals surface area contributed by atoms with Crippen LogP contribution < -0.4 is 0 Å². The fourth-order valence-electron chi connectivity index (χ4n) is 0. The Hall–Kier alpha value is 1.87. The Balaban J connectivity index is 0. The molecule has 0 fully saturated rings. The third-order valence-electron chi connectivity index (χ3n) is 0. The van der Waals surface area contributed by atoms with Gasteiger partial charge in [-0.25, -0.2) is 0 Å². The molecule has 1 nitrogen and oxygen atoms in total.